The lowest BCUT2D eigenvalue weighted by Crippen LogP contribution is -2.56. The third-order valence-corrected chi connectivity index (χ3v) is 10.8. The fourth-order valence-corrected chi connectivity index (χ4v) is 4.34. The van der Waals surface area contributed by atoms with Crippen molar-refractivity contribution in [1.82, 2.24) is 9.55 Å². The van der Waals surface area contributed by atoms with Gasteiger partial charge in [-0.15, -0.1) is 0 Å². The summed E-state index contributed by atoms with van der Waals surface area (Å²) in [5, 5.41) is 22.2. The van der Waals surface area contributed by atoms with Gasteiger partial charge in [-0.1, -0.05) is 44.0 Å². The van der Waals surface area contributed by atoms with Crippen LogP contribution < -0.4 is 0 Å². The molecule has 3 rings (SSSR count). The van der Waals surface area contributed by atoms with E-state index in [2.05, 4.69) is 38.8 Å². The molecule has 0 unspecified atom stereocenters. The molecule has 0 radical (unpaired) electrons. The SMILES string of the molecule is CC(C)(C)[Si](C)(C)O[C@H]1OC[C@@H](n2cnc3cc(Cl)c(Cl)cc32)[C@H](O)[C@@H]1O. The van der Waals surface area contributed by atoms with E-state index in [0.717, 1.165) is 0 Å². The molecule has 6 nitrogen and oxygen atoms in total. The van der Waals surface area contributed by atoms with Crippen LogP contribution >= 0.6 is 23.2 Å². The van der Waals surface area contributed by atoms with E-state index in [0.29, 0.717) is 21.1 Å². The summed E-state index contributed by atoms with van der Waals surface area (Å²) in [5.74, 6) is 0. The zero-order chi connectivity index (χ0) is 20.1. The Bertz CT molecular complexity index is 837. The second kappa shape index (κ2) is 7.30. The van der Waals surface area contributed by atoms with Crippen LogP contribution in [-0.4, -0.2) is 53.2 Å². The highest BCUT2D eigenvalue weighted by Gasteiger charge is 2.46. The number of nitrogens with zero attached hydrogens (tertiary/aromatic N) is 2. The first-order chi connectivity index (χ1) is 12.4. The van der Waals surface area contributed by atoms with Crippen molar-refractivity contribution in [2.45, 2.75) is 63.4 Å². The number of hydrogen-bond donors (Lipinski definition) is 2. The van der Waals surface area contributed by atoms with Crippen molar-refractivity contribution in [3.8, 4) is 0 Å². The maximum absolute atomic E-state index is 10.8. The predicted molar refractivity (Wildman–Crippen MR) is 109 cm³/mol. The molecule has 1 aromatic heterocycles. The number of aliphatic hydroxyl groups is 2. The van der Waals surface area contributed by atoms with Gasteiger partial charge in [-0.25, -0.2) is 4.98 Å². The molecule has 2 heterocycles. The fraction of sp³-hybridized carbons (Fsp3) is 0.611. The summed E-state index contributed by atoms with van der Waals surface area (Å²) in [6, 6.07) is 2.86. The molecule has 0 amide bonds. The van der Waals surface area contributed by atoms with Crippen LogP contribution in [0.15, 0.2) is 18.5 Å². The Labute approximate surface area is 170 Å². The molecule has 9 heteroatoms. The van der Waals surface area contributed by atoms with E-state index in [1.807, 2.05) is 0 Å². The van der Waals surface area contributed by atoms with E-state index in [1.54, 1.807) is 23.0 Å². The maximum Gasteiger partial charge on any atom is 0.195 e. The third-order valence-electron chi connectivity index (χ3n) is 5.65. The van der Waals surface area contributed by atoms with E-state index in [1.165, 1.54) is 0 Å². The van der Waals surface area contributed by atoms with Crippen LogP contribution in [-0.2, 0) is 9.16 Å². The summed E-state index contributed by atoms with van der Waals surface area (Å²) in [6.07, 6.45) is -1.50. The minimum absolute atomic E-state index is 0.0333. The molecule has 150 valence electrons. The number of hydrogen-bond acceptors (Lipinski definition) is 5. The fourth-order valence-electron chi connectivity index (χ4n) is 2.88. The highest BCUT2D eigenvalue weighted by molar-refractivity contribution is 6.74. The van der Waals surface area contributed by atoms with Gasteiger partial charge in [-0.3, -0.25) is 0 Å². The van der Waals surface area contributed by atoms with E-state index < -0.39 is 32.9 Å². The number of benzene rings is 1. The van der Waals surface area contributed by atoms with Crippen molar-refractivity contribution in [3.05, 3.63) is 28.5 Å². The van der Waals surface area contributed by atoms with Crippen LogP contribution in [0.4, 0.5) is 0 Å². The molecular formula is C18H26Cl2N2O4Si. The van der Waals surface area contributed by atoms with Crippen molar-refractivity contribution in [2.75, 3.05) is 6.61 Å². The number of rotatable bonds is 3. The van der Waals surface area contributed by atoms with Crippen LogP contribution in [0.2, 0.25) is 28.2 Å². The van der Waals surface area contributed by atoms with E-state index in [4.69, 9.17) is 32.4 Å². The van der Waals surface area contributed by atoms with Crippen LogP contribution in [0.1, 0.15) is 26.8 Å². The lowest BCUT2D eigenvalue weighted by atomic mass is 10.0. The zero-order valence-electron chi connectivity index (χ0n) is 16.1. The third kappa shape index (κ3) is 3.92. The van der Waals surface area contributed by atoms with Gasteiger partial charge >= 0.3 is 0 Å². The average molecular weight is 433 g/mol. The van der Waals surface area contributed by atoms with Gasteiger partial charge in [0, 0.05) is 0 Å². The minimum atomic E-state index is -2.16. The summed E-state index contributed by atoms with van der Waals surface area (Å²) in [7, 11) is -2.16. The zero-order valence-corrected chi connectivity index (χ0v) is 18.6. The van der Waals surface area contributed by atoms with Gasteiger partial charge in [-0.2, -0.15) is 0 Å². The molecule has 1 aromatic carbocycles. The number of imidazole rings is 1. The number of aromatic nitrogens is 2. The van der Waals surface area contributed by atoms with Crippen molar-refractivity contribution >= 4 is 42.6 Å². The molecule has 0 spiro atoms. The molecule has 0 saturated carbocycles. The summed E-state index contributed by atoms with van der Waals surface area (Å²) in [4.78, 5) is 4.31. The predicted octanol–water partition coefficient (Wildman–Crippen LogP) is 3.98. The van der Waals surface area contributed by atoms with Gasteiger partial charge in [0.1, 0.15) is 12.2 Å². The Kier molecular flexibility index (Phi) is 5.69. The van der Waals surface area contributed by atoms with Gasteiger partial charge in [0.25, 0.3) is 0 Å². The van der Waals surface area contributed by atoms with Gasteiger partial charge < -0.3 is 23.9 Å². The van der Waals surface area contributed by atoms with Crippen LogP contribution in [0, 0.1) is 0 Å². The van der Waals surface area contributed by atoms with Gasteiger partial charge in [0.05, 0.1) is 40.1 Å². The number of fused-ring (bicyclic) bond motifs is 1. The monoisotopic (exact) mass is 432 g/mol. The average Bonchev–Trinajstić information content (AvgIpc) is 2.94. The second-order valence-corrected chi connectivity index (χ2v) is 14.1. The lowest BCUT2D eigenvalue weighted by molar-refractivity contribution is -0.228. The van der Waals surface area contributed by atoms with E-state index in [-0.39, 0.29) is 11.6 Å². The Morgan fingerprint density at radius 2 is 1.81 bits per heavy atom. The Balaban J connectivity index is 1.83. The summed E-state index contributed by atoms with van der Waals surface area (Å²) >= 11 is 12.2. The first kappa shape index (κ1) is 21.0. The van der Waals surface area contributed by atoms with Gasteiger partial charge in [0.15, 0.2) is 14.6 Å². The normalized spacial score (nSPS) is 27.3. The molecule has 0 bridgehead atoms. The van der Waals surface area contributed by atoms with Gasteiger partial charge in [0.2, 0.25) is 0 Å². The summed E-state index contributed by atoms with van der Waals surface area (Å²) < 4.78 is 13.7. The van der Waals surface area contributed by atoms with Crippen molar-refractivity contribution in [3.63, 3.8) is 0 Å². The first-order valence-electron chi connectivity index (χ1n) is 8.89. The quantitative estimate of drug-likeness (QED) is 0.716. The standard InChI is InChI=1S/C18H26Cl2N2O4Si/c1-18(2,3)27(4,5)26-17-16(24)15(23)14(8-25-17)22-9-21-12-6-10(19)11(20)7-13(12)22/h6-7,9,14-17,23-24H,8H2,1-5H3/t14-,15+,16+,17-/m1/s1. The van der Waals surface area contributed by atoms with Gasteiger partial charge in [-0.05, 0) is 30.3 Å². The van der Waals surface area contributed by atoms with Crippen molar-refractivity contribution in [1.29, 1.82) is 0 Å². The van der Waals surface area contributed by atoms with Crippen LogP contribution in [0.25, 0.3) is 11.0 Å². The molecule has 4 atom stereocenters. The topological polar surface area (TPSA) is 76.7 Å². The molecule has 0 aliphatic carbocycles. The van der Waals surface area contributed by atoms with Crippen LogP contribution in [0.3, 0.4) is 0 Å². The molecule has 1 saturated heterocycles. The highest BCUT2D eigenvalue weighted by Crippen LogP contribution is 2.39. The minimum Gasteiger partial charge on any atom is -0.390 e. The van der Waals surface area contributed by atoms with Crippen molar-refractivity contribution < 1.29 is 19.4 Å². The maximum atomic E-state index is 10.8. The van der Waals surface area contributed by atoms with E-state index in [9.17, 15) is 10.2 Å². The second-order valence-electron chi connectivity index (χ2n) is 8.54. The van der Waals surface area contributed by atoms with Crippen LogP contribution in [0.5, 0.6) is 0 Å². The molecular weight excluding hydrogens is 407 g/mol. The molecule has 27 heavy (non-hydrogen) atoms. The largest absolute Gasteiger partial charge is 0.390 e. The Hall–Kier alpha value is -0.673. The highest BCUT2D eigenvalue weighted by atomic mass is 35.5. The molecule has 2 N–H and O–H groups in total. The Morgan fingerprint density at radius 3 is 2.44 bits per heavy atom. The van der Waals surface area contributed by atoms with E-state index >= 15 is 0 Å². The number of ether oxygens (including phenoxy) is 1. The lowest BCUT2D eigenvalue weighted by Gasteiger charge is -2.44. The summed E-state index contributed by atoms with van der Waals surface area (Å²) in [6.45, 7) is 10.7. The van der Waals surface area contributed by atoms with Crippen molar-refractivity contribution in [2.24, 2.45) is 0 Å². The Morgan fingerprint density at radius 1 is 1.19 bits per heavy atom. The molecule has 1 fully saturated rings. The molecule has 1 aliphatic rings. The molecule has 2 aromatic rings. The first-order valence-corrected chi connectivity index (χ1v) is 12.6. The number of aliphatic hydroxyl groups excluding tert-OH is 2. The summed E-state index contributed by atoms with van der Waals surface area (Å²) in [5.41, 5.74) is 1.37. The number of halogens is 2. The smallest absolute Gasteiger partial charge is 0.195 e. The molecule has 1 aliphatic heterocycles.